The molecule has 1 amide bonds. The van der Waals surface area contributed by atoms with Crippen molar-refractivity contribution in [3.63, 3.8) is 0 Å². The Bertz CT molecular complexity index is 789. The predicted octanol–water partition coefficient (Wildman–Crippen LogP) is 4.03. The van der Waals surface area contributed by atoms with E-state index in [1.807, 2.05) is 48.5 Å². The van der Waals surface area contributed by atoms with E-state index in [2.05, 4.69) is 24.1 Å². The molecule has 6 heteroatoms. The summed E-state index contributed by atoms with van der Waals surface area (Å²) in [5.41, 5.74) is 2.26. The first-order valence-corrected chi connectivity index (χ1v) is 10.5. The third-order valence-electron chi connectivity index (χ3n) is 5.16. The molecule has 0 bridgehead atoms. The summed E-state index contributed by atoms with van der Waals surface area (Å²) in [7, 11) is 0. The van der Waals surface area contributed by atoms with Crippen LogP contribution in [0.2, 0.25) is 5.02 Å². The highest BCUT2D eigenvalue weighted by Crippen LogP contribution is 2.27. The van der Waals surface area contributed by atoms with Crippen LogP contribution in [0.3, 0.4) is 0 Å². The SMILES string of the molecule is CC(C)c1ccc(OCC(=O)NC[C@H](c2ccccc2Cl)N2CCOCC2)cc1. The van der Waals surface area contributed by atoms with Crippen molar-refractivity contribution in [3.05, 3.63) is 64.7 Å². The van der Waals surface area contributed by atoms with Crippen LogP contribution in [0.5, 0.6) is 5.75 Å². The van der Waals surface area contributed by atoms with E-state index in [1.165, 1.54) is 5.56 Å². The Morgan fingerprint density at radius 1 is 1.14 bits per heavy atom. The summed E-state index contributed by atoms with van der Waals surface area (Å²) in [6, 6.07) is 15.7. The molecular formula is C23H29ClN2O3. The highest BCUT2D eigenvalue weighted by molar-refractivity contribution is 6.31. The minimum absolute atomic E-state index is 0.00174. The van der Waals surface area contributed by atoms with Crippen molar-refractivity contribution in [2.75, 3.05) is 39.5 Å². The van der Waals surface area contributed by atoms with E-state index in [4.69, 9.17) is 21.1 Å². The van der Waals surface area contributed by atoms with Crippen LogP contribution in [0.15, 0.2) is 48.5 Å². The molecule has 1 atom stereocenters. The molecule has 2 aromatic carbocycles. The third kappa shape index (κ3) is 6.20. The summed E-state index contributed by atoms with van der Waals surface area (Å²) >= 11 is 6.43. The van der Waals surface area contributed by atoms with Crippen LogP contribution < -0.4 is 10.1 Å². The topological polar surface area (TPSA) is 50.8 Å². The summed E-state index contributed by atoms with van der Waals surface area (Å²) in [6.07, 6.45) is 0. The zero-order chi connectivity index (χ0) is 20.6. The maximum absolute atomic E-state index is 12.4. The zero-order valence-electron chi connectivity index (χ0n) is 17.1. The van der Waals surface area contributed by atoms with Gasteiger partial charge in [0.05, 0.1) is 19.3 Å². The second kappa shape index (κ2) is 10.6. The number of hydrogen-bond donors (Lipinski definition) is 1. The van der Waals surface area contributed by atoms with E-state index in [0.29, 0.717) is 36.4 Å². The molecule has 1 heterocycles. The predicted molar refractivity (Wildman–Crippen MR) is 116 cm³/mol. The van der Waals surface area contributed by atoms with E-state index in [1.54, 1.807) is 0 Å². The summed E-state index contributed by atoms with van der Waals surface area (Å²) in [6.45, 7) is 7.74. The lowest BCUT2D eigenvalue weighted by Gasteiger charge is -2.35. The quantitative estimate of drug-likeness (QED) is 0.705. The average Bonchev–Trinajstić information content (AvgIpc) is 2.74. The van der Waals surface area contributed by atoms with E-state index >= 15 is 0 Å². The molecule has 0 spiro atoms. The van der Waals surface area contributed by atoms with Crippen molar-refractivity contribution in [2.45, 2.75) is 25.8 Å². The van der Waals surface area contributed by atoms with Crippen molar-refractivity contribution in [2.24, 2.45) is 0 Å². The Labute approximate surface area is 177 Å². The Hall–Kier alpha value is -2.08. The molecule has 0 aliphatic carbocycles. The standard InChI is InChI=1S/C23H29ClN2O3/c1-17(2)18-7-9-19(10-8-18)29-16-23(27)25-15-22(26-11-13-28-14-12-26)20-5-3-4-6-21(20)24/h3-10,17,22H,11-16H2,1-2H3,(H,25,27)/t22-/m1/s1. The summed E-state index contributed by atoms with van der Waals surface area (Å²) in [5, 5.41) is 3.71. The number of morpholine rings is 1. The number of nitrogens with zero attached hydrogens (tertiary/aromatic N) is 1. The van der Waals surface area contributed by atoms with Gasteiger partial charge < -0.3 is 14.8 Å². The Morgan fingerprint density at radius 3 is 2.48 bits per heavy atom. The van der Waals surface area contributed by atoms with E-state index in [9.17, 15) is 4.79 Å². The van der Waals surface area contributed by atoms with Crippen LogP contribution in [-0.2, 0) is 9.53 Å². The van der Waals surface area contributed by atoms with Gasteiger partial charge in [0.15, 0.2) is 6.61 Å². The highest BCUT2D eigenvalue weighted by Gasteiger charge is 2.24. The Balaban J connectivity index is 1.57. The third-order valence-corrected chi connectivity index (χ3v) is 5.50. The molecule has 3 rings (SSSR count). The number of hydrogen-bond acceptors (Lipinski definition) is 4. The molecule has 0 aromatic heterocycles. The lowest BCUT2D eigenvalue weighted by Crippen LogP contribution is -2.44. The van der Waals surface area contributed by atoms with Gasteiger partial charge in [-0.25, -0.2) is 0 Å². The summed E-state index contributed by atoms with van der Waals surface area (Å²) in [4.78, 5) is 14.7. The van der Waals surface area contributed by atoms with Crippen LogP contribution in [0.1, 0.15) is 36.9 Å². The molecule has 5 nitrogen and oxygen atoms in total. The molecule has 1 N–H and O–H groups in total. The van der Waals surface area contributed by atoms with Gasteiger partial charge in [-0.1, -0.05) is 55.8 Å². The van der Waals surface area contributed by atoms with E-state index in [0.717, 1.165) is 18.7 Å². The zero-order valence-corrected chi connectivity index (χ0v) is 17.8. The fourth-order valence-electron chi connectivity index (χ4n) is 3.43. The molecule has 2 aromatic rings. The number of halogens is 1. The number of rotatable bonds is 8. The molecular weight excluding hydrogens is 388 g/mol. The van der Waals surface area contributed by atoms with Crippen LogP contribution >= 0.6 is 11.6 Å². The molecule has 1 aliphatic rings. The van der Waals surface area contributed by atoms with Crippen LogP contribution in [0.25, 0.3) is 0 Å². The van der Waals surface area contributed by atoms with Crippen molar-refractivity contribution < 1.29 is 14.3 Å². The molecule has 0 unspecified atom stereocenters. The number of amides is 1. The first-order chi connectivity index (χ1) is 14.0. The Morgan fingerprint density at radius 2 is 1.83 bits per heavy atom. The highest BCUT2D eigenvalue weighted by atomic mass is 35.5. The van der Waals surface area contributed by atoms with Gasteiger partial charge in [0.1, 0.15) is 5.75 Å². The van der Waals surface area contributed by atoms with Crippen LogP contribution in [0.4, 0.5) is 0 Å². The summed E-state index contributed by atoms with van der Waals surface area (Å²) in [5.74, 6) is 1.01. The largest absolute Gasteiger partial charge is 0.484 e. The molecule has 156 valence electrons. The molecule has 0 radical (unpaired) electrons. The first-order valence-electron chi connectivity index (χ1n) is 10.1. The smallest absolute Gasteiger partial charge is 0.258 e. The van der Waals surface area contributed by atoms with Gasteiger partial charge in [0.25, 0.3) is 5.91 Å². The lowest BCUT2D eigenvalue weighted by molar-refractivity contribution is -0.123. The fourth-order valence-corrected chi connectivity index (χ4v) is 3.69. The monoisotopic (exact) mass is 416 g/mol. The van der Waals surface area contributed by atoms with Gasteiger partial charge in [-0.3, -0.25) is 9.69 Å². The lowest BCUT2D eigenvalue weighted by atomic mass is 10.0. The number of carbonyl (C=O) groups is 1. The van der Waals surface area contributed by atoms with Gasteiger partial charge in [-0.15, -0.1) is 0 Å². The second-order valence-electron chi connectivity index (χ2n) is 7.50. The summed E-state index contributed by atoms with van der Waals surface area (Å²) < 4.78 is 11.1. The van der Waals surface area contributed by atoms with Gasteiger partial charge in [0, 0.05) is 24.7 Å². The van der Waals surface area contributed by atoms with E-state index < -0.39 is 0 Å². The van der Waals surface area contributed by atoms with Gasteiger partial charge in [-0.05, 0) is 35.2 Å². The van der Waals surface area contributed by atoms with Gasteiger partial charge in [0.2, 0.25) is 0 Å². The van der Waals surface area contributed by atoms with E-state index in [-0.39, 0.29) is 18.6 Å². The van der Waals surface area contributed by atoms with Crippen LogP contribution in [-0.4, -0.2) is 50.3 Å². The average molecular weight is 417 g/mol. The molecule has 29 heavy (non-hydrogen) atoms. The van der Waals surface area contributed by atoms with Crippen molar-refractivity contribution in [1.29, 1.82) is 0 Å². The number of ether oxygens (including phenoxy) is 2. The van der Waals surface area contributed by atoms with Crippen molar-refractivity contribution in [1.82, 2.24) is 10.2 Å². The van der Waals surface area contributed by atoms with Gasteiger partial charge >= 0.3 is 0 Å². The minimum Gasteiger partial charge on any atom is -0.484 e. The first kappa shape index (κ1) is 21.6. The fraction of sp³-hybridized carbons (Fsp3) is 0.435. The molecule has 1 fully saturated rings. The molecule has 1 aliphatic heterocycles. The number of nitrogens with one attached hydrogen (secondary N) is 1. The molecule has 1 saturated heterocycles. The number of carbonyl (C=O) groups excluding carboxylic acids is 1. The number of benzene rings is 2. The molecule has 0 saturated carbocycles. The van der Waals surface area contributed by atoms with Crippen molar-refractivity contribution >= 4 is 17.5 Å². The van der Waals surface area contributed by atoms with Crippen molar-refractivity contribution in [3.8, 4) is 5.75 Å². The van der Waals surface area contributed by atoms with Crippen LogP contribution in [0, 0.1) is 0 Å². The Kier molecular flexibility index (Phi) is 7.92. The van der Waals surface area contributed by atoms with Gasteiger partial charge in [-0.2, -0.15) is 0 Å². The maximum Gasteiger partial charge on any atom is 0.258 e. The normalized spacial score (nSPS) is 15.9. The minimum atomic E-state index is -0.150. The maximum atomic E-state index is 12.4. The second-order valence-corrected chi connectivity index (χ2v) is 7.91.